The third-order valence-corrected chi connectivity index (χ3v) is 2.16. The maximum atomic E-state index is 13.2. The zero-order chi connectivity index (χ0) is 10.6. The minimum atomic E-state index is -0.246. The van der Waals surface area contributed by atoms with E-state index in [-0.39, 0.29) is 18.2 Å². The van der Waals surface area contributed by atoms with E-state index < -0.39 is 0 Å². The van der Waals surface area contributed by atoms with Gasteiger partial charge in [-0.05, 0) is 12.0 Å². The number of carbonyl (C=O) groups excluding carboxylic acids is 1. The Hall–Kier alpha value is -1.16. The Balaban J connectivity index is 2.60. The fourth-order valence-corrected chi connectivity index (χ4v) is 1.22. The topological polar surface area (TPSA) is 29.5 Å². The molecule has 1 aliphatic carbocycles. The van der Waals surface area contributed by atoms with Gasteiger partial charge in [-0.3, -0.25) is 9.63 Å². The first-order valence-corrected chi connectivity index (χ1v) is 4.50. The minimum absolute atomic E-state index is 0.0622. The molecule has 14 heavy (non-hydrogen) atoms. The number of rotatable bonds is 3. The Morgan fingerprint density at radius 1 is 1.71 bits per heavy atom. The van der Waals surface area contributed by atoms with Gasteiger partial charge in [0.2, 0.25) is 5.91 Å². The van der Waals surface area contributed by atoms with Gasteiger partial charge >= 0.3 is 0 Å². The highest BCUT2D eigenvalue weighted by Gasteiger charge is 2.14. The van der Waals surface area contributed by atoms with E-state index in [0.29, 0.717) is 18.4 Å². The molecule has 1 amide bonds. The molecule has 3 nitrogen and oxygen atoms in total. The SMILES string of the molecule is CON(C)C(=O)CC1=C(F)CCC=C1. The highest BCUT2D eigenvalue weighted by Crippen LogP contribution is 2.22. The van der Waals surface area contributed by atoms with Gasteiger partial charge in [-0.15, -0.1) is 0 Å². The highest BCUT2D eigenvalue weighted by molar-refractivity contribution is 5.78. The smallest absolute Gasteiger partial charge is 0.250 e. The molecule has 4 heteroatoms. The van der Waals surface area contributed by atoms with Crippen molar-refractivity contribution in [1.82, 2.24) is 5.06 Å². The van der Waals surface area contributed by atoms with Crippen molar-refractivity contribution >= 4 is 5.91 Å². The Morgan fingerprint density at radius 3 is 3.00 bits per heavy atom. The van der Waals surface area contributed by atoms with E-state index in [2.05, 4.69) is 0 Å². The van der Waals surface area contributed by atoms with E-state index >= 15 is 0 Å². The number of halogens is 1. The van der Waals surface area contributed by atoms with Gasteiger partial charge in [-0.1, -0.05) is 12.2 Å². The molecule has 0 unspecified atom stereocenters. The summed E-state index contributed by atoms with van der Waals surface area (Å²) in [5.74, 6) is -0.436. The van der Waals surface area contributed by atoms with Crippen LogP contribution in [0.5, 0.6) is 0 Å². The Morgan fingerprint density at radius 2 is 2.43 bits per heavy atom. The second-order valence-electron chi connectivity index (χ2n) is 3.12. The molecule has 0 radical (unpaired) electrons. The molecule has 0 saturated carbocycles. The number of hydroxylamine groups is 2. The molecule has 0 bridgehead atoms. The van der Waals surface area contributed by atoms with Crippen LogP contribution >= 0.6 is 0 Å². The number of hydrogen-bond acceptors (Lipinski definition) is 2. The third kappa shape index (κ3) is 2.67. The summed E-state index contributed by atoms with van der Waals surface area (Å²) in [6.07, 6.45) is 4.71. The van der Waals surface area contributed by atoms with Crippen LogP contribution < -0.4 is 0 Å². The van der Waals surface area contributed by atoms with Crippen LogP contribution in [0.25, 0.3) is 0 Å². The summed E-state index contributed by atoms with van der Waals surface area (Å²) in [6, 6.07) is 0. The fourth-order valence-electron chi connectivity index (χ4n) is 1.22. The van der Waals surface area contributed by atoms with Gasteiger partial charge in [0, 0.05) is 13.5 Å². The van der Waals surface area contributed by atoms with E-state index in [0.717, 1.165) is 5.06 Å². The quantitative estimate of drug-likeness (QED) is 0.650. The monoisotopic (exact) mass is 199 g/mol. The summed E-state index contributed by atoms with van der Waals surface area (Å²) >= 11 is 0. The van der Waals surface area contributed by atoms with Crippen LogP contribution in [0.2, 0.25) is 0 Å². The first-order chi connectivity index (χ1) is 6.65. The third-order valence-electron chi connectivity index (χ3n) is 2.16. The van der Waals surface area contributed by atoms with E-state index in [1.165, 1.54) is 14.2 Å². The van der Waals surface area contributed by atoms with E-state index in [9.17, 15) is 9.18 Å². The average Bonchev–Trinajstić information content (AvgIpc) is 2.20. The lowest BCUT2D eigenvalue weighted by atomic mass is 10.0. The zero-order valence-corrected chi connectivity index (χ0v) is 8.42. The first-order valence-electron chi connectivity index (χ1n) is 4.50. The van der Waals surface area contributed by atoms with Crippen molar-refractivity contribution in [2.75, 3.05) is 14.2 Å². The lowest BCUT2D eigenvalue weighted by Crippen LogP contribution is -2.25. The summed E-state index contributed by atoms with van der Waals surface area (Å²) in [7, 11) is 2.91. The Labute approximate surface area is 82.8 Å². The summed E-state index contributed by atoms with van der Waals surface area (Å²) in [5.41, 5.74) is 0.463. The maximum Gasteiger partial charge on any atom is 0.250 e. The fraction of sp³-hybridized carbons (Fsp3) is 0.500. The van der Waals surface area contributed by atoms with Gasteiger partial charge < -0.3 is 0 Å². The van der Waals surface area contributed by atoms with Crippen LogP contribution in [-0.2, 0) is 9.63 Å². The molecule has 0 saturated heterocycles. The van der Waals surface area contributed by atoms with Gasteiger partial charge in [-0.2, -0.15) is 0 Å². The number of carbonyl (C=O) groups is 1. The molecular weight excluding hydrogens is 185 g/mol. The normalized spacial score (nSPS) is 15.9. The van der Waals surface area contributed by atoms with Crippen molar-refractivity contribution in [2.45, 2.75) is 19.3 Å². The second kappa shape index (κ2) is 4.91. The largest absolute Gasteiger partial charge is 0.275 e. The summed E-state index contributed by atoms with van der Waals surface area (Å²) in [6.45, 7) is 0. The van der Waals surface area contributed by atoms with Crippen molar-refractivity contribution in [2.24, 2.45) is 0 Å². The van der Waals surface area contributed by atoms with Crippen molar-refractivity contribution in [3.63, 3.8) is 0 Å². The molecule has 0 heterocycles. The molecule has 1 aliphatic rings. The number of allylic oxidation sites excluding steroid dienone is 3. The predicted molar refractivity (Wildman–Crippen MR) is 50.9 cm³/mol. The maximum absolute atomic E-state index is 13.2. The van der Waals surface area contributed by atoms with Crippen LogP contribution in [0.1, 0.15) is 19.3 Å². The molecule has 78 valence electrons. The number of nitrogens with zero attached hydrogens (tertiary/aromatic N) is 1. The summed E-state index contributed by atoms with van der Waals surface area (Å²) in [5, 5.41) is 1.10. The van der Waals surface area contributed by atoms with E-state index in [1.54, 1.807) is 6.08 Å². The van der Waals surface area contributed by atoms with Gasteiger partial charge in [0.1, 0.15) is 5.83 Å². The van der Waals surface area contributed by atoms with Crippen LogP contribution in [0.15, 0.2) is 23.6 Å². The molecular formula is C10H14FNO2. The molecule has 0 atom stereocenters. The van der Waals surface area contributed by atoms with E-state index in [4.69, 9.17) is 4.84 Å². The van der Waals surface area contributed by atoms with Crippen LogP contribution in [0.3, 0.4) is 0 Å². The Bertz CT molecular complexity index is 284. The molecule has 0 spiro atoms. The lowest BCUT2D eigenvalue weighted by Gasteiger charge is -2.15. The van der Waals surface area contributed by atoms with Gasteiger partial charge in [-0.25, -0.2) is 9.45 Å². The zero-order valence-electron chi connectivity index (χ0n) is 8.42. The van der Waals surface area contributed by atoms with Crippen LogP contribution in [-0.4, -0.2) is 25.1 Å². The number of amides is 1. The lowest BCUT2D eigenvalue weighted by molar-refractivity contribution is -0.167. The minimum Gasteiger partial charge on any atom is -0.275 e. The Kier molecular flexibility index (Phi) is 3.83. The van der Waals surface area contributed by atoms with Gasteiger partial charge in [0.25, 0.3) is 0 Å². The van der Waals surface area contributed by atoms with Crippen molar-refractivity contribution < 1.29 is 14.0 Å². The van der Waals surface area contributed by atoms with Crippen molar-refractivity contribution in [3.05, 3.63) is 23.6 Å². The number of hydrogen-bond donors (Lipinski definition) is 0. The van der Waals surface area contributed by atoms with Crippen molar-refractivity contribution in [1.29, 1.82) is 0 Å². The molecule has 1 rings (SSSR count). The highest BCUT2D eigenvalue weighted by atomic mass is 19.1. The molecule has 0 fully saturated rings. The summed E-state index contributed by atoms with van der Waals surface area (Å²) < 4.78 is 13.2. The molecule has 0 N–H and O–H groups in total. The average molecular weight is 199 g/mol. The van der Waals surface area contributed by atoms with Crippen molar-refractivity contribution in [3.8, 4) is 0 Å². The first kappa shape index (κ1) is 10.9. The van der Waals surface area contributed by atoms with Crippen LogP contribution in [0, 0.1) is 0 Å². The molecule has 0 aromatic carbocycles. The van der Waals surface area contributed by atoms with E-state index in [1.807, 2.05) is 6.08 Å². The molecule has 0 aromatic heterocycles. The standard InChI is InChI=1S/C10H14FNO2/c1-12(14-2)10(13)7-8-5-3-4-6-9(8)11/h3,5H,4,6-7H2,1-2H3. The van der Waals surface area contributed by atoms with Gasteiger partial charge in [0.15, 0.2) is 0 Å². The van der Waals surface area contributed by atoms with Gasteiger partial charge in [0.05, 0.1) is 13.5 Å². The second-order valence-corrected chi connectivity index (χ2v) is 3.12. The predicted octanol–water partition coefficient (Wildman–Crippen LogP) is 1.97. The summed E-state index contributed by atoms with van der Waals surface area (Å²) in [4.78, 5) is 16.1. The molecule has 0 aliphatic heterocycles. The molecule has 0 aromatic rings. The van der Waals surface area contributed by atoms with Crippen LogP contribution in [0.4, 0.5) is 4.39 Å².